The van der Waals surface area contributed by atoms with Gasteiger partial charge in [-0.05, 0) is 66.3 Å². The van der Waals surface area contributed by atoms with Crippen molar-refractivity contribution in [3.8, 4) is 16.9 Å². The average molecular weight is 522 g/mol. The van der Waals surface area contributed by atoms with Gasteiger partial charge in [0.1, 0.15) is 5.75 Å². The van der Waals surface area contributed by atoms with E-state index in [0.29, 0.717) is 6.04 Å². The number of hydrogen-bond acceptors (Lipinski definition) is 2. The van der Waals surface area contributed by atoms with E-state index in [1.807, 2.05) is 0 Å². The van der Waals surface area contributed by atoms with Crippen LogP contribution < -0.4 is 15.2 Å². The van der Waals surface area contributed by atoms with E-state index >= 15 is 0 Å². The van der Waals surface area contributed by atoms with E-state index in [1.165, 1.54) is 83.3 Å². The molecule has 1 atom stereocenters. The molecule has 0 radical (unpaired) electrons. The van der Waals surface area contributed by atoms with Crippen molar-refractivity contribution < 1.29 is 4.74 Å². The van der Waals surface area contributed by atoms with E-state index in [4.69, 9.17) is 4.74 Å². The Kier molecular flexibility index (Phi) is 8.80. The van der Waals surface area contributed by atoms with Gasteiger partial charge in [-0.1, -0.05) is 120 Å². The Bertz CT molecular complexity index is 1380. The van der Waals surface area contributed by atoms with Crippen molar-refractivity contribution in [2.75, 3.05) is 6.61 Å². The van der Waals surface area contributed by atoms with E-state index in [-0.39, 0.29) is 5.54 Å². The summed E-state index contributed by atoms with van der Waals surface area (Å²) in [6.07, 6.45) is 15.2. The van der Waals surface area contributed by atoms with Gasteiger partial charge in [-0.2, -0.15) is 0 Å². The molecule has 0 fully saturated rings. The third kappa shape index (κ3) is 5.40. The van der Waals surface area contributed by atoms with Crippen LogP contribution in [0.4, 0.5) is 0 Å². The summed E-state index contributed by atoms with van der Waals surface area (Å²) in [5, 5.41) is 2.71. The summed E-state index contributed by atoms with van der Waals surface area (Å²) in [7, 11) is 0. The Morgan fingerprint density at radius 3 is 2.23 bits per heavy atom. The quantitative estimate of drug-likeness (QED) is 0.209. The van der Waals surface area contributed by atoms with Gasteiger partial charge in [0, 0.05) is 16.8 Å². The van der Waals surface area contributed by atoms with Gasteiger partial charge in [-0.3, -0.25) is 0 Å². The molecule has 1 unspecified atom stereocenters. The molecule has 0 N–H and O–H groups in total. The number of ether oxygens (including phenoxy) is 1. The van der Waals surface area contributed by atoms with Crippen molar-refractivity contribution in [1.82, 2.24) is 4.90 Å². The topological polar surface area (TPSA) is 12.5 Å². The lowest BCUT2D eigenvalue weighted by Crippen LogP contribution is -2.50. The molecule has 0 saturated carbocycles. The Labute approximate surface area is 236 Å². The van der Waals surface area contributed by atoms with Crippen LogP contribution in [-0.2, 0) is 5.54 Å². The molecule has 2 aliphatic rings. The lowest BCUT2D eigenvalue weighted by molar-refractivity contribution is 0.142. The molecular weight excluding hydrogens is 474 g/mol. The summed E-state index contributed by atoms with van der Waals surface area (Å²) in [6, 6.07) is 25.1. The Balaban J connectivity index is 1.38. The van der Waals surface area contributed by atoms with E-state index in [0.717, 1.165) is 31.6 Å². The number of rotatable bonds is 13. The second kappa shape index (κ2) is 12.5. The Hall–Kier alpha value is -3.00. The van der Waals surface area contributed by atoms with Crippen LogP contribution in [0.1, 0.15) is 103 Å². The van der Waals surface area contributed by atoms with Crippen LogP contribution in [0.3, 0.4) is 0 Å². The van der Waals surface area contributed by atoms with Crippen molar-refractivity contribution in [3.05, 3.63) is 88.3 Å². The van der Waals surface area contributed by atoms with E-state index in [2.05, 4.69) is 105 Å². The number of nitrogens with zero attached hydrogens (tertiary/aromatic N) is 1. The molecule has 5 rings (SSSR count). The second-order valence-corrected chi connectivity index (χ2v) is 11.6. The van der Waals surface area contributed by atoms with E-state index < -0.39 is 0 Å². The van der Waals surface area contributed by atoms with Crippen molar-refractivity contribution in [1.29, 1.82) is 0 Å². The summed E-state index contributed by atoms with van der Waals surface area (Å²) in [5.41, 5.74) is 6.81. The van der Waals surface area contributed by atoms with Gasteiger partial charge < -0.3 is 9.64 Å². The first-order chi connectivity index (χ1) is 19.1. The number of benzene rings is 3. The van der Waals surface area contributed by atoms with Gasteiger partial charge in [-0.15, -0.1) is 0 Å². The fourth-order valence-corrected chi connectivity index (χ4v) is 7.02. The maximum atomic E-state index is 6.20. The zero-order chi connectivity index (χ0) is 27.2. The molecule has 206 valence electrons. The van der Waals surface area contributed by atoms with E-state index in [9.17, 15) is 0 Å². The molecule has 0 spiro atoms. The zero-order valence-corrected chi connectivity index (χ0v) is 24.6. The zero-order valence-electron chi connectivity index (χ0n) is 24.6. The minimum atomic E-state index is 0.0353. The van der Waals surface area contributed by atoms with Crippen molar-refractivity contribution in [2.24, 2.45) is 0 Å². The fourth-order valence-electron chi connectivity index (χ4n) is 7.02. The summed E-state index contributed by atoms with van der Waals surface area (Å²) in [4.78, 5) is 2.72. The number of fused-ring (bicyclic) bond motifs is 4. The normalized spacial score (nSPS) is 16.9. The molecular formula is C37H47NO. The van der Waals surface area contributed by atoms with Gasteiger partial charge in [0.2, 0.25) is 0 Å². The lowest BCUT2D eigenvalue weighted by Gasteiger charge is -2.44. The third-order valence-electron chi connectivity index (χ3n) is 9.13. The van der Waals surface area contributed by atoms with Gasteiger partial charge >= 0.3 is 0 Å². The van der Waals surface area contributed by atoms with Gasteiger partial charge in [0.15, 0.2) is 0 Å². The predicted octanol–water partition coefficient (Wildman–Crippen LogP) is 8.54. The molecule has 0 saturated heterocycles. The average Bonchev–Trinajstić information content (AvgIpc) is 3.27. The van der Waals surface area contributed by atoms with Crippen LogP contribution >= 0.6 is 0 Å². The van der Waals surface area contributed by atoms with Crippen molar-refractivity contribution >= 4 is 11.8 Å². The van der Waals surface area contributed by atoms with Crippen molar-refractivity contribution in [3.63, 3.8) is 0 Å². The fraction of sp³-hybridized carbons (Fsp3) is 0.459. The third-order valence-corrected chi connectivity index (χ3v) is 9.13. The number of hydrogen-bond donors (Lipinski definition) is 0. The van der Waals surface area contributed by atoms with Crippen molar-refractivity contribution in [2.45, 2.75) is 103 Å². The highest BCUT2D eigenvalue weighted by molar-refractivity contribution is 5.80. The van der Waals surface area contributed by atoms with Crippen LogP contribution in [0.5, 0.6) is 5.75 Å². The molecule has 3 aromatic rings. The lowest BCUT2D eigenvalue weighted by atomic mass is 9.83. The van der Waals surface area contributed by atoms with Gasteiger partial charge in [-0.25, -0.2) is 0 Å². The molecule has 3 aromatic carbocycles. The number of unbranched alkanes of at least 4 members (excludes halogenated alkanes) is 7. The molecule has 0 bridgehead atoms. The molecule has 2 heterocycles. The summed E-state index contributed by atoms with van der Waals surface area (Å²) in [5.74, 6) is 0.980. The predicted molar refractivity (Wildman–Crippen MR) is 166 cm³/mol. The Morgan fingerprint density at radius 2 is 1.46 bits per heavy atom. The van der Waals surface area contributed by atoms with Crippen LogP contribution in [0.15, 0.2) is 66.7 Å². The van der Waals surface area contributed by atoms with Gasteiger partial charge in [0.05, 0.1) is 17.8 Å². The minimum absolute atomic E-state index is 0.0353. The molecule has 0 aromatic heterocycles. The first kappa shape index (κ1) is 27.6. The monoisotopic (exact) mass is 521 g/mol. The molecule has 2 heteroatoms. The Morgan fingerprint density at radius 1 is 0.744 bits per heavy atom. The minimum Gasteiger partial charge on any atom is -0.494 e. The highest BCUT2D eigenvalue weighted by Gasteiger charge is 2.47. The van der Waals surface area contributed by atoms with E-state index in [1.54, 1.807) is 0 Å². The summed E-state index contributed by atoms with van der Waals surface area (Å²) in [6.45, 7) is 10.1. The maximum absolute atomic E-state index is 6.20. The SMILES string of the molecule is CCCCCCCCCCOc1cccc(-c2ccc3c(c2)C2=c4ccccc4=CC(C)N2C3(CC)CC)c1. The van der Waals surface area contributed by atoms with Crippen LogP contribution in [-0.4, -0.2) is 17.5 Å². The highest BCUT2D eigenvalue weighted by Crippen LogP contribution is 2.51. The molecule has 0 aliphatic carbocycles. The highest BCUT2D eigenvalue weighted by atomic mass is 16.5. The van der Waals surface area contributed by atoms with Gasteiger partial charge in [0.25, 0.3) is 0 Å². The first-order valence-corrected chi connectivity index (χ1v) is 15.6. The summed E-state index contributed by atoms with van der Waals surface area (Å²) >= 11 is 0. The van der Waals surface area contributed by atoms with Crippen LogP contribution in [0.2, 0.25) is 0 Å². The summed E-state index contributed by atoms with van der Waals surface area (Å²) < 4.78 is 6.20. The smallest absolute Gasteiger partial charge is 0.119 e. The standard InChI is InChI=1S/C37H47NO/c1-5-8-9-10-11-12-13-16-24-39-32-20-17-19-29(26-32)30-22-23-35-34(27-30)36-33-21-15-14-18-31(33)25-28(4)38(36)37(35,6-2)7-3/h14-15,17-23,25-28H,5-13,16,24H2,1-4H3. The second-order valence-electron chi connectivity index (χ2n) is 11.6. The molecule has 2 aliphatic heterocycles. The molecule has 0 amide bonds. The first-order valence-electron chi connectivity index (χ1n) is 15.6. The largest absolute Gasteiger partial charge is 0.494 e. The van der Waals surface area contributed by atoms with Crippen LogP contribution in [0.25, 0.3) is 22.9 Å². The molecule has 2 nitrogen and oxygen atoms in total. The molecule has 39 heavy (non-hydrogen) atoms. The maximum Gasteiger partial charge on any atom is 0.119 e. The van der Waals surface area contributed by atoms with Crippen LogP contribution in [0, 0.1) is 0 Å².